The predicted molar refractivity (Wildman–Crippen MR) is 68.1 cm³/mol. The first-order chi connectivity index (χ1) is 8.34. The molecule has 1 rings (SSSR count). The average molecular weight is 257 g/mol. The predicted octanol–water partition coefficient (Wildman–Crippen LogP) is 3.07. The molecule has 0 bridgehead atoms. The van der Waals surface area contributed by atoms with E-state index in [2.05, 4.69) is 0 Å². The third-order valence-electron chi connectivity index (χ3n) is 3.12. The maximum absolute atomic E-state index is 13.7. The van der Waals surface area contributed by atoms with E-state index >= 15 is 0 Å². The second-order valence-electron chi connectivity index (χ2n) is 5.16. The van der Waals surface area contributed by atoms with Crippen LogP contribution in [0, 0.1) is 24.5 Å². The Balaban J connectivity index is 2.83. The molecule has 0 amide bonds. The average Bonchev–Trinajstić information content (AvgIpc) is 2.32. The van der Waals surface area contributed by atoms with Crippen LogP contribution in [0.4, 0.5) is 8.78 Å². The van der Waals surface area contributed by atoms with Crippen molar-refractivity contribution in [1.29, 1.82) is 0 Å². The van der Waals surface area contributed by atoms with E-state index in [0.717, 1.165) is 6.42 Å². The molecule has 0 spiro atoms. The van der Waals surface area contributed by atoms with E-state index in [0.29, 0.717) is 12.3 Å². The number of hydrogen-bond acceptors (Lipinski definition) is 2. The molecule has 0 saturated carbocycles. The molecule has 0 saturated heterocycles. The van der Waals surface area contributed by atoms with Crippen molar-refractivity contribution in [3.8, 4) is 0 Å². The summed E-state index contributed by atoms with van der Waals surface area (Å²) in [6.45, 7) is 5.55. The second-order valence-corrected chi connectivity index (χ2v) is 5.16. The molecule has 3 N–H and O–H groups in total. The van der Waals surface area contributed by atoms with Crippen molar-refractivity contribution < 1.29 is 13.9 Å². The molecule has 0 aliphatic rings. The van der Waals surface area contributed by atoms with Crippen LogP contribution in [0.3, 0.4) is 0 Å². The SMILES string of the molecule is Cc1ccc([C@H](N)[C@H](O)CCC(C)C)c(F)c1F. The third-order valence-corrected chi connectivity index (χ3v) is 3.12. The maximum atomic E-state index is 13.7. The second kappa shape index (κ2) is 6.25. The van der Waals surface area contributed by atoms with Gasteiger partial charge in [0.2, 0.25) is 0 Å². The molecule has 0 unspecified atom stereocenters. The van der Waals surface area contributed by atoms with Crippen molar-refractivity contribution in [1.82, 2.24) is 0 Å². The molecule has 0 heterocycles. The zero-order valence-electron chi connectivity index (χ0n) is 11.1. The van der Waals surface area contributed by atoms with Crippen molar-refractivity contribution in [2.75, 3.05) is 0 Å². The van der Waals surface area contributed by atoms with Gasteiger partial charge in [0.05, 0.1) is 12.1 Å². The van der Waals surface area contributed by atoms with Crippen molar-refractivity contribution in [2.45, 2.75) is 45.8 Å². The van der Waals surface area contributed by atoms with Gasteiger partial charge in [0.1, 0.15) is 0 Å². The van der Waals surface area contributed by atoms with Crippen molar-refractivity contribution in [3.05, 3.63) is 34.9 Å². The van der Waals surface area contributed by atoms with E-state index in [1.165, 1.54) is 19.1 Å². The summed E-state index contributed by atoms with van der Waals surface area (Å²) in [6.07, 6.45) is 0.419. The fourth-order valence-electron chi connectivity index (χ4n) is 1.81. The first-order valence-corrected chi connectivity index (χ1v) is 6.22. The van der Waals surface area contributed by atoms with Crippen LogP contribution in [0.15, 0.2) is 12.1 Å². The fraction of sp³-hybridized carbons (Fsp3) is 0.571. The number of rotatable bonds is 5. The molecule has 1 aromatic rings. The lowest BCUT2D eigenvalue weighted by Gasteiger charge is -2.21. The summed E-state index contributed by atoms with van der Waals surface area (Å²) in [5.41, 5.74) is 6.06. The number of halogens is 2. The largest absolute Gasteiger partial charge is 0.391 e. The van der Waals surface area contributed by atoms with Crippen LogP contribution in [-0.2, 0) is 0 Å². The highest BCUT2D eigenvalue weighted by Crippen LogP contribution is 2.24. The summed E-state index contributed by atoms with van der Waals surface area (Å²) >= 11 is 0. The molecule has 102 valence electrons. The van der Waals surface area contributed by atoms with Crippen LogP contribution in [0.5, 0.6) is 0 Å². The Kier molecular flexibility index (Phi) is 5.23. The summed E-state index contributed by atoms with van der Waals surface area (Å²) in [7, 11) is 0. The summed E-state index contributed by atoms with van der Waals surface area (Å²) in [4.78, 5) is 0. The van der Waals surface area contributed by atoms with Gasteiger partial charge >= 0.3 is 0 Å². The zero-order chi connectivity index (χ0) is 13.9. The molecule has 0 aliphatic heterocycles. The molecule has 0 aromatic heterocycles. The van der Waals surface area contributed by atoms with E-state index in [1.807, 2.05) is 13.8 Å². The highest BCUT2D eigenvalue weighted by Gasteiger charge is 2.22. The Bertz CT molecular complexity index is 407. The number of aliphatic hydroxyl groups excluding tert-OH is 1. The lowest BCUT2D eigenvalue weighted by Crippen LogP contribution is -2.27. The number of aryl methyl sites for hydroxylation is 1. The topological polar surface area (TPSA) is 46.2 Å². The molecular formula is C14H21F2NO. The Morgan fingerprint density at radius 2 is 1.78 bits per heavy atom. The standard InChI is InChI=1S/C14H21F2NO/c1-8(2)4-7-11(18)14(17)10-6-5-9(3)12(15)13(10)16/h5-6,8,11,14,18H,4,7,17H2,1-3H3/t11-,14+/m1/s1. The van der Waals surface area contributed by atoms with E-state index in [4.69, 9.17) is 5.73 Å². The Morgan fingerprint density at radius 1 is 1.17 bits per heavy atom. The molecule has 2 nitrogen and oxygen atoms in total. The van der Waals surface area contributed by atoms with Crippen molar-refractivity contribution in [3.63, 3.8) is 0 Å². The van der Waals surface area contributed by atoms with Crippen LogP contribution >= 0.6 is 0 Å². The van der Waals surface area contributed by atoms with Crippen molar-refractivity contribution >= 4 is 0 Å². The fourth-order valence-corrected chi connectivity index (χ4v) is 1.81. The Labute approximate surface area is 107 Å². The molecular weight excluding hydrogens is 236 g/mol. The van der Waals surface area contributed by atoms with Crippen LogP contribution in [0.2, 0.25) is 0 Å². The molecule has 1 aromatic carbocycles. The summed E-state index contributed by atoms with van der Waals surface area (Å²) in [5, 5.41) is 9.89. The van der Waals surface area contributed by atoms with Crippen LogP contribution in [0.25, 0.3) is 0 Å². The van der Waals surface area contributed by atoms with Gasteiger partial charge < -0.3 is 10.8 Å². The van der Waals surface area contributed by atoms with Gasteiger partial charge in [-0.25, -0.2) is 8.78 Å². The quantitative estimate of drug-likeness (QED) is 0.851. The summed E-state index contributed by atoms with van der Waals surface area (Å²) < 4.78 is 27.1. The molecule has 0 aliphatic carbocycles. The summed E-state index contributed by atoms with van der Waals surface area (Å²) in [6, 6.07) is 2.03. The minimum atomic E-state index is -0.953. The van der Waals surface area contributed by atoms with Gasteiger partial charge in [0, 0.05) is 5.56 Å². The Morgan fingerprint density at radius 3 is 2.33 bits per heavy atom. The van der Waals surface area contributed by atoms with E-state index in [1.54, 1.807) is 0 Å². The zero-order valence-corrected chi connectivity index (χ0v) is 11.1. The normalized spacial score (nSPS) is 14.9. The number of hydrogen-bond donors (Lipinski definition) is 2. The minimum Gasteiger partial charge on any atom is -0.391 e. The maximum Gasteiger partial charge on any atom is 0.163 e. The van der Waals surface area contributed by atoms with E-state index in [-0.39, 0.29) is 11.1 Å². The number of aliphatic hydroxyl groups is 1. The van der Waals surface area contributed by atoms with Gasteiger partial charge in [-0.3, -0.25) is 0 Å². The van der Waals surface area contributed by atoms with E-state index < -0.39 is 23.8 Å². The first kappa shape index (κ1) is 15.1. The van der Waals surface area contributed by atoms with Gasteiger partial charge in [-0.1, -0.05) is 26.0 Å². The number of benzene rings is 1. The smallest absolute Gasteiger partial charge is 0.163 e. The Hall–Kier alpha value is -1.00. The minimum absolute atomic E-state index is 0.0364. The molecule has 2 atom stereocenters. The lowest BCUT2D eigenvalue weighted by molar-refractivity contribution is 0.126. The molecule has 0 radical (unpaired) electrons. The van der Waals surface area contributed by atoms with Gasteiger partial charge in [-0.15, -0.1) is 0 Å². The van der Waals surface area contributed by atoms with Crippen LogP contribution in [-0.4, -0.2) is 11.2 Å². The highest BCUT2D eigenvalue weighted by molar-refractivity contribution is 5.28. The van der Waals surface area contributed by atoms with Gasteiger partial charge in [0.15, 0.2) is 11.6 Å². The highest BCUT2D eigenvalue weighted by atomic mass is 19.2. The van der Waals surface area contributed by atoms with E-state index in [9.17, 15) is 13.9 Å². The third kappa shape index (κ3) is 3.50. The monoisotopic (exact) mass is 257 g/mol. The molecule has 0 fully saturated rings. The molecule has 18 heavy (non-hydrogen) atoms. The van der Waals surface area contributed by atoms with Crippen molar-refractivity contribution in [2.24, 2.45) is 11.7 Å². The van der Waals surface area contributed by atoms with Gasteiger partial charge in [0.25, 0.3) is 0 Å². The molecule has 4 heteroatoms. The van der Waals surface area contributed by atoms with Gasteiger partial charge in [-0.2, -0.15) is 0 Å². The first-order valence-electron chi connectivity index (χ1n) is 6.22. The van der Waals surface area contributed by atoms with Crippen LogP contribution < -0.4 is 5.73 Å². The van der Waals surface area contributed by atoms with Gasteiger partial charge in [-0.05, 0) is 31.2 Å². The number of nitrogens with two attached hydrogens (primary N) is 1. The summed E-state index contributed by atoms with van der Waals surface area (Å²) in [5.74, 6) is -1.41. The lowest BCUT2D eigenvalue weighted by atomic mass is 9.95. The van der Waals surface area contributed by atoms with Crippen LogP contribution in [0.1, 0.15) is 43.9 Å².